The second-order valence-electron chi connectivity index (χ2n) is 2.67. The predicted molar refractivity (Wildman–Crippen MR) is 39.1 cm³/mol. The van der Waals surface area contributed by atoms with Gasteiger partial charge in [-0.25, -0.2) is 0 Å². The third kappa shape index (κ3) is 0.783. The molecule has 1 unspecified atom stereocenters. The number of rotatable bonds is 0. The number of hydrogen-bond acceptors (Lipinski definition) is 1. The fourth-order valence-electron chi connectivity index (χ4n) is 1.29. The largest absolute Gasteiger partial charge is 0.490 e. The number of ether oxygens (including phenoxy) is 1. The lowest BCUT2D eigenvalue weighted by molar-refractivity contribution is 0.254. The highest BCUT2D eigenvalue weighted by atomic mass is 16.5. The summed E-state index contributed by atoms with van der Waals surface area (Å²) in [5.41, 5.74) is 1.29. The number of hydrogen-bond donors (Lipinski definition) is 0. The van der Waals surface area contributed by atoms with Crippen LogP contribution in [0.25, 0.3) is 0 Å². The molecule has 1 heteroatoms. The van der Waals surface area contributed by atoms with Gasteiger partial charge in [-0.2, -0.15) is 0 Å². The first-order valence-electron chi connectivity index (χ1n) is 3.52. The van der Waals surface area contributed by atoms with Crippen molar-refractivity contribution >= 4 is 0 Å². The predicted octanol–water partition coefficient (Wildman–Crippen LogP) is 1.81. The minimum absolute atomic E-state index is 0.353. The molecule has 1 atom stereocenters. The van der Waals surface area contributed by atoms with E-state index in [1.54, 1.807) is 0 Å². The summed E-state index contributed by atoms with van der Waals surface area (Å²) in [4.78, 5) is 0. The topological polar surface area (TPSA) is 9.23 Å². The monoisotopic (exact) mass is 133 g/mol. The zero-order valence-electron chi connectivity index (χ0n) is 5.92. The Morgan fingerprint density at radius 2 is 2.60 bits per heavy atom. The van der Waals surface area contributed by atoms with E-state index in [1.165, 1.54) is 5.56 Å². The molecule has 0 N–H and O–H groups in total. The molecule has 1 nitrogen and oxygen atoms in total. The lowest BCUT2D eigenvalue weighted by Gasteiger charge is -2.00. The van der Waals surface area contributed by atoms with Crippen LogP contribution < -0.4 is 4.74 Å². The maximum atomic E-state index is 5.49. The van der Waals surface area contributed by atoms with Crippen LogP contribution in [-0.4, -0.2) is 6.10 Å². The van der Waals surface area contributed by atoms with Crippen LogP contribution >= 0.6 is 0 Å². The van der Waals surface area contributed by atoms with Crippen molar-refractivity contribution < 1.29 is 4.74 Å². The van der Waals surface area contributed by atoms with Gasteiger partial charge in [-0.15, -0.1) is 0 Å². The van der Waals surface area contributed by atoms with Gasteiger partial charge >= 0.3 is 0 Å². The molecular weight excluding hydrogens is 124 g/mol. The summed E-state index contributed by atoms with van der Waals surface area (Å²) in [5, 5.41) is 0. The van der Waals surface area contributed by atoms with Gasteiger partial charge in [0.15, 0.2) is 0 Å². The fraction of sp³-hybridized carbons (Fsp3) is 0.333. The summed E-state index contributed by atoms with van der Waals surface area (Å²) < 4.78 is 5.49. The van der Waals surface area contributed by atoms with Gasteiger partial charge in [0.25, 0.3) is 0 Å². The van der Waals surface area contributed by atoms with E-state index in [1.807, 2.05) is 18.2 Å². The van der Waals surface area contributed by atoms with Gasteiger partial charge in [0.1, 0.15) is 11.9 Å². The van der Waals surface area contributed by atoms with Gasteiger partial charge in [0.2, 0.25) is 0 Å². The van der Waals surface area contributed by atoms with Crippen molar-refractivity contribution in [3.63, 3.8) is 0 Å². The average Bonchev–Trinajstić information content (AvgIpc) is 2.27. The Labute approximate surface area is 60.6 Å². The molecule has 0 saturated carbocycles. The van der Waals surface area contributed by atoms with Gasteiger partial charge in [0, 0.05) is 6.42 Å². The number of fused-ring (bicyclic) bond motifs is 1. The Morgan fingerprint density at radius 3 is 3.40 bits per heavy atom. The molecule has 0 fully saturated rings. The summed E-state index contributed by atoms with van der Waals surface area (Å²) in [5.74, 6) is 1.03. The molecule has 0 spiro atoms. The SMILES string of the molecule is CC1Cc2c[c]ccc2O1. The molecular formula is C9H9O. The van der Waals surface area contributed by atoms with Crippen LogP contribution in [0.4, 0.5) is 0 Å². The van der Waals surface area contributed by atoms with Crippen LogP contribution in [0, 0.1) is 6.07 Å². The van der Waals surface area contributed by atoms with E-state index in [9.17, 15) is 0 Å². The molecule has 1 heterocycles. The van der Waals surface area contributed by atoms with E-state index in [2.05, 4.69) is 13.0 Å². The second-order valence-corrected chi connectivity index (χ2v) is 2.67. The van der Waals surface area contributed by atoms with Crippen LogP contribution in [0.3, 0.4) is 0 Å². The Kier molecular flexibility index (Phi) is 1.16. The average molecular weight is 133 g/mol. The molecule has 1 aromatic rings. The van der Waals surface area contributed by atoms with Crippen LogP contribution in [-0.2, 0) is 6.42 Å². The minimum Gasteiger partial charge on any atom is -0.490 e. The summed E-state index contributed by atoms with van der Waals surface area (Å²) >= 11 is 0. The van der Waals surface area contributed by atoms with Crippen LogP contribution in [0.1, 0.15) is 12.5 Å². The smallest absolute Gasteiger partial charge is 0.123 e. The van der Waals surface area contributed by atoms with E-state index in [-0.39, 0.29) is 0 Å². The van der Waals surface area contributed by atoms with Crippen molar-refractivity contribution in [2.75, 3.05) is 0 Å². The first kappa shape index (κ1) is 5.78. The quantitative estimate of drug-likeness (QED) is 0.524. The third-order valence-corrected chi connectivity index (χ3v) is 1.74. The summed E-state index contributed by atoms with van der Waals surface area (Å²) in [7, 11) is 0. The van der Waals surface area contributed by atoms with Crippen LogP contribution in [0.2, 0.25) is 0 Å². The molecule has 1 aliphatic rings. The molecule has 51 valence electrons. The van der Waals surface area contributed by atoms with Crippen LogP contribution in [0.5, 0.6) is 5.75 Å². The Bertz CT molecular complexity index is 217. The standard InChI is InChI=1S/C9H9O/c1-7-6-8-4-2-3-5-9(8)10-7/h3-5,7H,6H2,1H3. The van der Waals surface area contributed by atoms with Crippen LogP contribution in [0.15, 0.2) is 18.2 Å². The Morgan fingerprint density at radius 1 is 1.70 bits per heavy atom. The van der Waals surface area contributed by atoms with E-state index in [4.69, 9.17) is 4.74 Å². The minimum atomic E-state index is 0.353. The lowest BCUT2D eigenvalue weighted by atomic mass is 10.1. The van der Waals surface area contributed by atoms with Gasteiger partial charge < -0.3 is 4.74 Å². The van der Waals surface area contributed by atoms with Gasteiger partial charge in [0.05, 0.1) is 0 Å². The molecule has 1 radical (unpaired) electrons. The van der Waals surface area contributed by atoms with Crippen molar-refractivity contribution in [1.29, 1.82) is 0 Å². The first-order chi connectivity index (χ1) is 4.86. The third-order valence-electron chi connectivity index (χ3n) is 1.74. The molecule has 0 bridgehead atoms. The maximum Gasteiger partial charge on any atom is 0.123 e. The summed E-state index contributed by atoms with van der Waals surface area (Å²) in [6, 6.07) is 8.89. The molecule has 0 aromatic heterocycles. The molecule has 10 heavy (non-hydrogen) atoms. The van der Waals surface area contributed by atoms with Crippen molar-refractivity contribution in [3.8, 4) is 5.75 Å². The first-order valence-corrected chi connectivity index (χ1v) is 3.52. The molecule has 1 aliphatic heterocycles. The summed E-state index contributed by atoms with van der Waals surface area (Å²) in [6.45, 7) is 2.08. The summed E-state index contributed by atoms with van der Waals surface area (Å²) in [6.07, 6.45) is 1.39. The molecule has 1 aromatic carbocycles. The lowest BCUT2D eigenvalue weighted by Crippen LogP contribution is -2.05. The van der Waals surface area contributed by atoms with Crippen molar-refractivity contribution in [1.82, 2.24) is 0 Å². The van der Waals surface area contributed by atoms with Crippen molar-refractivity contribution in [2.24, 2.45) is 0 Å². The zero-order valence-corrected chi connectivity index (χ0v) is 5.92. The molecule has 2 rings (SSSR count). The Hall–Kier alpha value is -0.980. The van der Waals surface area contributed by atoms with E-state index >= 15 is 0 Å². The van der Waals surface area contributed by atoms with E-state index in [0.717, 1.165) is 12.2 Å². The van der Waals surface area contributed by atoms with E-state index < -0.39 is 0 Å². The fourth-order valence-corrected chi connectivity index (χ4v) is 1.29. The van der Waals surface area contributed by atoms with Gasteiger partial charge in [-0.3, -0.25) is 0 Å². The number of benzene rings is 1. The highest BCUT2D eigenvalue weighted by Gasteiger charge is 2.16. The maximum absolute atomic E-state index is 5.49. The van der Waals surface area contributed by atoms with Gasteiger partial charge in [-0.05, 0) is 30.7 Å². The van der Waals surface area contributed by atoms with Crippen molar-refractivity contribution in [3.05, 3.63) is 29.8 Å². The van der Waals surface area contributed by atoms with E-state index in [0.29, 0.717) is 6.10 Å². The zero-order chi connectivity index (χ0) is 6.97. The molecule has 0 aliphatic carbocycles. The van der Waals surface area contributed by atoms with Crippen molar-refractivity contribution in [2.45, 2.75) is 19.4 Å². The highest BCUT2D eigenvalue weighted by Crippen LogP contribution is 2.27. The molecule has 0 saturated heterocycles. The second kappa shape index (κ2) is 2.01. The normalized spacial score (nSPS) is 21.9. The molecule has 0 amide bonds. The van der Waals surface area contributed by atoms with Gasteiger partial charge in [-0.1, -0.05) is 6.07 Å². The highest BCUT2D eigenvalue weighted by molar-refractivity contribution is 5.36. The Balaban J connectivity index is 2.42.